The van der Waals surface area contributed by atoms with Crippen LogP contribution in [0.3, 0.4) is 0 Å². The number of nitrogens with zero attached hydrogens (tertiary/aromatic N) is 2. The number of benzene rings is 2. The van der Waals surface area contributed by atoms with E-state index < -0.39 is 23.5 Å². The van der Waals surface area contributed by atoms with Crippen LogP contribution in [0.5, 0.6) is 0 Å². The molecular weight excluding hydrogens is 402 g/mol. The standard InChI is InChI=1S/C17H11F4N3OS2/c18-13-6-4-11(5-7-13)14(25)22-15-23-24-16(27-15)26-9-10-2-1-3-12(8-10)17(19,20)21/h1-8H,9H2,(H,22,23,25). The summed E-state index contributed by atoms with van der Waals surface area (Å²) in [6.45, 7) is 0. The molecular formula is C17H11F4N3OS2. The van der Waals surface area contributed by atoms with Crippen LogP contribution in [0, 0.1) is 5.82 Å². The Bertz CT molecular complexity index is 942. The van der Waals surface area contributed by atoms with Crippen LogP contribution in [0.2, 0.25) is 0 Å². The molecule has 3 aromatic rings. The van der Waals surface area contributed by atoms with Crippen LogP contribution in [-0.2, 0) is 11.9 Å². The van der Waals surface area contributed by atoms with Gasteiger partial charge in [-0.05, 0) is 35.9 Å². The number of halogens is 4. The molecule has 10 heteroatoms. The Morgan fingerprint density at radius 3 is 2.56 bits per heavy atom. The van der Waals surface area contributed by atoms with Crippen molar-refractivity contribution in [2.75, 3.05) is 5.32 Å². The molecule has 0 unspecified atom stereocenters. The van der Waals surface area contributed by atoms with Crippen LogP contribution in [0.4, 0.5) is 22.7 Å². The molecule has 2 aromatic carbocycles. The Morgan fingerprint density at radius 2 is 1.85 bits per heavy atom. The van der Waals surface area contributed by atoms with Crippen LogP contribution >= 0.6 is 23.1 Å². The first-order valence-corrected chi connectivity index (χ1v) is 9.31. The minimum atomic E-state index is -4.39. The molecule has 0 radical (unpaired) electrons. The number of nitrogens with one attached hydrogen (secondary N) is 1. The highest BCUT2D eigenvalue weighted by Gasteiger charge is 2.30. The molecule has 0 aliphatic rings. The fraction of sp³-hybridized carbons (Fsp3) is 0.118. The van der Waals surface area contributed by atoms with Gasteiger partial charge in [0.1, 0.15) is 5.82 Å². The maximum absolute atomic E-state index is 12.9. The molecule has 1 N–H and O–H groups in total. The number of carbonyl (C=O) groups excluding carboxylic acids is 1. The molecule has 0 atom stereocenters. The van der Waals surface area contributed by atoms with Gasteiger partial charge in [-0.3, -0.25) is 10.1 Å². The highest BCUT2D eigenvalue weighted by Crippen LogP contribution is 2.32. The average molecular weight is 413 g/mol. The number of anilines is 1. The molecule has 1 aromatic heterocycles. The van der Waals surface area contributed by atoms with Crippen molar-refractivity contribution in [2.24, 2.45) is 0 Å². The van der Waals surface area contributed by atoms with Gasteiger partial charge in [0.05, 0.1) is 5.56 Å². The highest BCUT2D eigenvalue weighted by molar-refractivity contribution is 8.00. The Labute approximate surface area is 159 Å². The molecule has 1 heterocycles. The SMILES string of the molecule is O=C(Nc1nnc(SCc2cccc(C(F)(F)F)c2)s1)c1ccc(F)cc1. The van der Waals surface area contributed by atoms with Crippen molar-refractivity contribution in [1.29, 1.82) is 0 Å². The Morgan fingerprint density at radius 1 is 1.11 bits per heavy atom. The number of aromatic nitrogens is 2. The lowest BCUT2D eigenvalue weighted by Crippen LogP contribution is -2.11. The molecule has 4 nitrogen and oxygen atoms in total. The molecule has 0 spiro atoms. The van der Waals surface area contributed by atoms with Gasteiger partial charge in [-0.15, -0.1) is 10.2 Å². The van der Waals surface area contributed by atoms with Crippen molar-refractivity contribution in [3.8, 4) is 0 Å². The lowest BCUT2D eigenvalue weighted by atomic mass is 10.1. The van der Waals surface area contributed by atoms with Gasteiger partial charge in [0.25, 0.3) is 5.91 Å². The van der Waals surface area contributed by atoms with Crippen molar-refractivity contribution < 1.29 is 22.4 Å². The quantitative estimate of drug-likeness (QED) is 0.353. The third-order valence-electron chi connectivity index (χ3n) is 3.35. The fourth-order valence-corrected chi connectivity index (χ4v) is 3.76. The van der Waals surface area contributed by atoms with Gasteiger partial charge in [0, 0.05) is 11.3 Å². The molecule has 140 valence electrons. The van der Waals surface area contributed by atoms with Gasteiger partial charge < -0.3 is 0 Å². The van der Waals surface area contributed by atoms with Crippen molar-refractivity contribution in [3.63, 3.8) is 0 Å². The normalized spacial score (nSPS) is 11.4. The van der Waals surface area contributed by atoms with E-state index in [0.29, 0.717) is 9.90 Å². The summed E-state index contributed by atoms with van der Waals surface area (Å²) in [5.41, 5.74) is 0.0665. The van der Waals surface area contributed by atoms with E-state index in [-0.39, 0.29) is 16.4 Å². The van der Waals surface area contributed by atoms with E-state index in [1.165, 1.54) is 42.1 Å². The summed E-state index contributed by atoms with van der Waals surface area (Å²) in [7, 11) is 0. The minimum Gasteiger partial charge on any atom is -0.296 e. The topological polar surface area (TPSA) is 54.9 Å². The summed E-state index contributed by atoms with van der Waals surface area (Å²) < 4.78 is 51.6. The summed E-state index contributed by atoms with van der Waals surface area (Å²) >= 11 is 2.32. The number of rotatable bonds is 5. The molecule has 3 rings (SSSR count). The lowest BCUT2D eigenvalue weighted by Gasteiger charge is -2.07. The predicted octanol–water partition coefficient (Wildman–Crippen LogP) is 5.24. The number of alkyl halides is 3. The van der Waals surface area contributed by atoms with Crippen LogP contribution in [0.15, 0.2) is 52.9 Å². The molecule has 27 heavy (non-hydrogen) atoms. The van der Waals surface area contributed by atoms with Gasteiger partial charge in [-0.25, -0.2) is 4.39 Å². The highest BCUT2D eigenvalue weighted by atomic mass is 32.2. The summed E-state index contributed by atoms with van der Waals surface area (Å²) in [6.07, 6.45) is -4.39. The smallest absolute Gasteiger partial charge is 0.296 e. The summed E-state index contributed by atoms with van der Waals surface area (Å²) in [6, 6.07) is 10.1. The number of hydrogen-bond donors (Lipinski definition) is 1. The summed E-state index contributed by atoms with van der Waals surface area (Å²) in [4.78, 5) is 12.0. The first kappa shape index (κ1) is 19.3. The maximum Gasteiger partial charge on any atom is 0.416 e. The van der Waals surface area contributed by atoms with E-state index in [1.807, 2.05) is 0 Å². The first-order valence-electron chi connectivity index (χ1n) is 7.50. The molecule has 0 saturated heterocycles. The Balaban J connectivity index is 1.60. The minimum absolute atomic E-state index is 0.246. The molecule has 0 bridgehead atoms. The maximum atomic E-state index is 12.9. The molecule has 0 aliphatic carbocycles. The van der Waals surface area contributed by atoms with E-state index in [2.05, 4.69) is 15.5 Å². The zero-order valence-corrected chi connectivity index (χ0v) is 15.1. The van der Waals surface area contributed by atoms with Crippen molar-refractivity contribution in [1.82, 2.24) is 10.2 Å². The van der Waals surface area contributed by atoms with Crippen molar-refractivity contribution >= 4 is 34.1 Å². The van der Waals surface area contributed by atoms with Gasteiger partial charge in [-0.2, -0.15) is 13.2 Å². The zero-order chi connectivity index (χ0) is 19.4. The van der Waals surface area contributed by atoms with Gasteiger partial charge >= 0.3 is 6.18 Å². The van der Waals surface area contributed by atoms with E-state index in [0.717, 1.165) is 23.5 Å². The Kier molecular flexibility index (Phi) is 5.76. The fourth-order valence-electron chi connectivity index (χ4n) is 2.07. The van der Waals surface area contributed by atoms with Crippen LogP contribution in [-0.4, -0.2) is 16.1 Å². The Hall–Kier alpha value is -2.46. The average Bonchev–Trinajstić information content (AvgIpc) is 3.07. The van der Waals surface area contributed by atoms with E-state index in [4.69, 9.17) is 0 Å². The van der Waals surface area contributed by atoms with E-state index in [9.17, 15) is 22.4 Å². The summed E-state index contributed by atoms with van der Waals surface area (Å²) in [5, 5.41) is 10.5. The van der Waals surface area contributed by atoms with E-state index >= 15 is 0 Å². The second kappa shape index (κ2) is 8.05. The molecule has 0 fully saturated rings. The number of carbonyl (C=O) groups is 1. The van der Waals surface area contributed by atoms with Crippen molar-refractivity contribution in [2.45, 2.75) is 16.3 Å². The third-order valence-corrected chi connectivity index (χ3v) is 5.39. The molecule has 0 aliphatic heterocycles. The number of hydrogen-bond acceptors (Lipinski definition) is 5. The van der Waals surface area contributed by atoms with Gasteiger partial charge in [0.2, 0.25) is 5.13 Å². The lowest BCUT2D eigenvalue weighted by molar-refractivity contribution is -0.137. The zero-order valence-electron chi connectivity index (χ0n) is 13.5. The number of amides is 1. The van der Waals surface area contributed by atoms with E-state index in [1.54, 1.807) is 6.07 Å². The largest absolute Gasteiger partial charge is 0.416 e. The molecule has 0 saturated carbocycles. The van der Waals surface area contributed by atoms with Crippen molar-refractivity contribution in [3.05, 3.63) is 71.0 Å². The summed E-state index contributed by atoms with van der Waals surface area (Å²) in [5.74, 6) is -0.624. The van der Waals surface area contributed by atoms with Crippen LogP contribution < -0.4 is 5.32 Å². The predicted molar refractivity (Wildman–Crippen MR) is 95.3 cm³/mol. The van der Waals surface area contributed by atoms with Crippen LogP contribution in [0.25, 0.3) is 0 Å². The van der Waals surface area contributed by atoms with Gasteiger partial charge in [-0.1, -0.05) is 41.3 Å². The number of thioether (sulfide) groups is 1. The monoisotopic (exact) mass is 413 g/mol. The first-order chi connectivity index (χ1) is 12.8. The third kappa shape index (κ3) is 5.27. The molecule has 1 amide bonds. The van der Waals surface area contributed by atoms with Crippen LogP contribution in [0.1, 0.15) is 21.5 Å². The second-order valence-electron chi connectivity index (χ2n) is 5.32. The van der Waals surface area contributed by atoms with Gasteiger partial charge in [0.15, 0.2) is 4.34 Å². The second-order valence-corrected chi connectivity index (χ2v) is 7.52.